The smallest absolute Gasteiger partial charge is 0.248 e. The summed E-state index contributed by atoms with van der Waals surface area (Å²) in [6, 6.07) is 11.8. The van der Waals surface area contributed by atoms with Crippen molar-refractivity contribution in [1.82, 2.24) is 20.3 Å². The summed E-state index contributed by atoms with van der Waals surface area (Å²) in [5, 5.41) is 11.6. The topological polar surface area (TPSA) is 113 Å². The largest absolute Gasteiger partial charge is 0.489 e. The first kappa shape index (κ1) is 22.8. The number of carbonyl (C=O) groups excluding carboxylic acids is 1. The molecule has 1 fully saturated rings. The molecule has 1 aliphatic rings. The van der Waals surface area contributed by atoms with Gasteiger partial charge in [0.1, 0.15) is 24.5 Å². The van der Waals surface area contributed by atoms with E-state index in [0.29, 0.717) is 36.0 Å². The van der Waals surface area contributed by atoms with Crippen LogP contribution in [0.4, 0.5) is 17.2 Å². The van der Waals surface area contributed by atoms with Gasteiger partial charge in [-0.15, -0.1) is 0 Å². The fourth-order valence-electron chi connectivity index (χ4n) is 4.15. The molecular formula is C26H28N6O3. The summed E-state index contributed by atoms with van der Waals surface area (Å²) in [5.74, 6) is 0.993. The minimum Gasteiger partial charge on any atom is -0.489 e. The number of anilines is 3. The van der Waals surface area contributed by atoms with Crippen molar-refractivity contribution in [2.45, 2.75) is 12.8 Å². The van der Waals surface area contributed by atoms with Crippen LogP contribution >= 0.6 is 0 Å². The molecule has 0 unspecified atom stereocenters. The second kappa shape index (κ2) is 10.5. The van der Waals surface area contributed by atoms with Crippen LogP contribution in [0, 0.1) is 0 Å². The van der Waals surface area contributed by atoms with E-state index in [9.17, 15) is 4.79 Å². The van der Waals surface area contributed by atoms with E-state index in [4.69, 9.17) is 9.47 Å². The second-order valence-electron chi connectivity index (χ2n) is 8.38. The first-order valence-electron chi connectivity index (χ1n) is 11.7. The van der Waals surface area contributed by atoms with Gasteiger partial charge in [0.05, 0.1) is 17.8 Å². The highest BCUT2D eigenvalue weighted by atomic mass is 16.5. The number of aromatic amines is 1. The summed E-state index contributed by atoms with van der Waals surface area (Å²) < 4.78 is 11.0. The standard InChI is InChI=1S/C26H28N6O3/c1-34-10-11-35-24-15-22-20(14-23(24)32-25(33)12-17-4-7-27-8-5-17)26(30-16-29-22)31-19-2-3-21-18(13-19)6-9-28-21/h2-3,6,9,12-16,27-28H,4-5,7-8,10-11H2,1H3,(H,32,33)(H,29,30,31). The number of nitrogens with zero attached hydrogens (tertiary/aromatic N) is 2. The van der Waals surface area contributed by atoms with Gasteiger partial charge in [0.2, 0.25) is 5.91 Å². The van der Waals surface area contributed by atoms with Crippen LogP contribution < -0.4 is 20.7 Å². The molecule has 4 aromatic rings. The first-order valence-corrected chi connectivity index (χ1v) is 11.7. The van der Waals surface area contributed by atoms with Crippen molar-refractivity contribution in [3.8, 4) is 5.75 Å². The van der Waals surface area contributed by atoms with E-state index in [0.717, 1.165) is 53.5 Å². The van der Waals surface area contributed by atoms with Gasteiger partial charge < -0.3 is 30.4 Å². The van der Waals surface area contributed by atoms with E-state index in [1.54, 1.807) is 13.2 Å². The number of carbonyl (C=O) groups is 1. The van der Waals surface area contributed by atoms with Crippen molar-refractivity contribution >= 4 is 44.9 Å². The number of piperidine rings is 1. The molecule has 2 aromatic carbocycles. The van der Waals surface area contributed by atoms with E-state index >= 15 is 0 Å². The van der Waals surface area contributed by atoms with Crippen LogP contribution in [-0.2, 0) is 9.53 Å². The number of fused-ring (bicyclic) bond motifs is 2. The molecular weight excluding hydrogens is 444 g/mol. The Kier molecular flexibility index (Phi) is 6.87. The zero-order chi connectivity index (χ0) is 24.0. The van der Waals surface area contributed by atoms with Crippen molar-refractivity contribution in [3.05, 3.63) is 60.6 Å². The molecule has 0 radical (unpaired) electrons. The number of nitrogens with one attached hydrogen (secondary N) is 4. The number of amides is 1. The van der Waals surface area contributed by atoms with E-state index in [1.165, 1.54) is 6.33 Å². The Morgan fingerprint density at radius 2 is 2.00 bits per heavy atom. The van der Waals surface area contributed by atoms with Gasteiger partial charge in [-0.1, -0.05) is 5.57 Å². The Balaban J connectivity index is 1.47. The Morgan fingerprint density at radius 3 is 2.86 bits per heavy atom. The molecule has 9 nitrogen and oxygen atoms in total. The number of H-pyrrole nitrogens is 1. The lowest BCUT2D eigenvalue weighted by atomic mass is 10.1. The summed E-state index contributed by atoms with van der Waals surface area (Å²) >= 11 is 0. The molecule has 0 aliphatic carbocycles. The van der Waals surface area contributed by atoms with Crippen LogP contribution in [0.3, 0.4) is 0 Å². The number of methoxy groups -OCH3 is 1. The maximum absolute atomic E-state index is 12.8. The zero-order valence-electron chi connectivity index (χ0n) is 19.6. The molecule has 0 bridgehead atoms. The number of hydrogen-bond donors (Lipinski definition) is 4. The maximum atomic E-state index is 12.8. The van der Waals surface area contributed by atoms with Gasteiger partial charge >= 0.3 is 0 Å². The Hall–Kier alpha value is -3.95. The van der Waals surface area contributed by atoms with E-state index in [-0.39, 0.29) is 5.91 Å². The monoisotopic (exact) mass is 472 g/mol. The zero-order valence-corrected chi connectivity index (χ0v) is 19.6. The number of ether oxygens (including phenoxy) is 2. The van der Waals surface area contributed by atoms with Gasteiger partial charge in [-0.25, -0.2) is 9.97 Å². The van der Waals surface area contributed by atoms with Crippen molar-refractivity contribution in [1.29, 1.82) is 0 Å². The van der Waals surface area contributed by atoms with Crippen LogP contribution in [0.1, 0.15) is 12.8 Å². The van der Waals surface area contributed by atoms with Crippen molar-refractivity contribution in [3.63, 3.8) is 0 Å². The van der Waals surface area contributed by atoms with Gasteiger partial charge in [0.15, 0.2) is 0 Å². The van der Waals surface area contributed by atoms with Gasteiger partial charge in [0.25, 0.3) is 0 Å². The molecule has 0 saturated carbocycles. The molecule has 35 heavy (non-hydrogen) atoms. The number of benzene rings is 2. The highest BCUT2D eigenvalue weighted by molar-refractivity contribution is 6.04. The maximum Gasteiger partial charge on any atom is 0.248 e. The Morgan fingerprint density at radius 1 is 1.11 bits per heavy atom. The summed E-state index contributed by atoms with van der Waals surface area (Å²) in [6.45, 7) is 2.56. The quantitative estimate of drug-likeness (QED) is 0.225. The normalized spacial score (nSPS) is 13.7. The Labute approximate surface area is 202 Å². The number of aromatic nitrogens is 3. The molecule has 3 heterocycles. The number of rotatable bonds is 8. The van der Waals surface area contributed by atoms with Crippen LogP contribution in [0.25, 0.3) is 21.8 Å². The Bertz CT molecular complexity index is 1370. The minimum atomic E-state index is -0.179. The lowest BCUT2D eigenvalue weighted by molar-refractivity contribution is -0.112. The molecule has 1 aliphatic heterocycles. The van der Waals surface area contributed by atoms with Gasteiger partial charge in [-0.3, -0.25) is 4.79 Å². The molecule has 1 saturated heterocycles. The predicted octanol–water partition coefficient (Wildman–Crippen LogP) is 4.13. The lowest BCUT2D eigenvalue weighted by Crippen LogP contribution is -2.24. The summed E-state index contributed by atoms with van der Waals surface area (Å²) in [7, 11) is 1.62. The molecule has 0 atom stereocenters. The van der Waals surface area contributed by atoms with Crippen LogP contribution in [-0.4, -0.2) is 54.3 Å². The summed E-state index contributed by atoms with van der Waals surface area (Å²) in [6.07, 6.45) is 6.86. The average Bonchev–Trinajstić information content (AvgIpc) is 3.33. The highest BCUT2D eigenvalue weighted by Gasteiger charge is 2.14. The molecule has 4 N–H and O–H groups in total. The molecule has 180 valence electrons. The second-order valence-corrected chi connectivity index (χ2v) is 8.38. The van der Waals surface area contributed by atoms with E-state index in [2.05, 4.69) is 37.0 Å². The van der Waals surface area contributed by atoms with E-state index < -0.39 is 0 Å². The average molecular weight is 473 g/mol. The fourth-order valence-corrected chi connectivity index (χ4v) is 4.15. The van der Waals surface area contributed by atoms with Crippen LogP contribution in [0.2, 0.25) is 0 Å². The first-order chi connectivity index (χ1) is 17.2. The van der Waals surface area contributed by atoms with Crippen molar-refractivity contribution < 1.29 is 14.3 Å². The van der Waals surface area contributed by atoms with E-state index in [1.807, 2.05) is 36.5 Å². The number of hydrogen-bond acceptors (Lipinski definition) is 7. The van der Waals surface area contributed by atoms with Gasteiger partial charge in [-0.05, 0) is 56.3 Å². The molecule has 2 aromatic heterocycles. The molecule has 9 heteroatoms. The SMILES string of the molecule is COCCOc1cc2ncnc(Nc3ccc4[nH]ccc4c3)c2cc1NC(=O)C=C1CCNCC1. The fraction of sp³-hybridized carbons (Fsp3) is 0.269. The molecule has 5 rings (SSSR count). The summed E-state index contributed by atoms with van der Waals surface area (Å²) in [4.78, 5) is 24.9. The molecule has 1 amide bonds. The summed E-state index contributed by atoms with van der Waals surface area (Å²) in [5.41, 5.74) is 4.36. The molecule has 0 spiro atoms. The van der Waals surface area contributed by atoms with Crippen molar-refractivity contribution in [2.75, 3.05) is 44.0 Å². The highest BCUT2D eigenvalue weighted by Crippen LogP contribution is 2.34. The van der Waals surface area contributed by atoms with Crippen molar-refractivity contribution in [2.24, 2.45) is 0 Å². The third kappa shape index (κ3) is 5.42. The lowest BCUT2D eigenvalue weighted by Gasteiger charge is -2.16. The third-order valence-electron chi connectivity index (χ3n) is 5.94. The third-order valence-corrected chi connectivity index (χ3v) is 5.94. The van der Waals surface area contributed by atoms with Gasteiger partial charge in [0, 0.05) is 47.4 Å². The predicted molar refractivity (Wildman–Crippen MR) is 137 cm³/mol. The minimum absolute atomic E-state index is 0.179. The van der Waals surface area contributed by atoms with Crippen LogP contribution in [0.5, 0.6) is 5.75 Å². The van der Waals surface area contributed by atoms with Gasteiger partial charge in [-0.2, -0.15) is 0 Å². The van der Waals surface area contributed by atoms with Crippen LogP contribution in [0.15, 0.2) is 60.6 Å².